The number of nitrogens with one attached hydrogen (secondary N) is 2. The molecule has 0 spiro atoms. The van der Waals surface area contributed by atoms with Gasteiger partial charge in [-0.05, 0) is 12.8 Å². The number of aromatic nitrogens is 2. The molecule has 5 nitrogen and oxygen atoms in total. The fourth-order valence-electron chi connectivity index (χ4n) is 1.42. The van der Waals surface area contributed by atoms with Crippen molar-refractivity contribution in [3.8, 4) is 0 Å². The second-order valence-electron chi connectivity index (χ2n) is 3.70. The highest BCUT2D eigenvalue weighted by molar-refractivity contribution is 5.85. The van der Waals surface area contributed by atoms with Gasteiger partial charge in [0, 0.05) is 18.9 Å². The topological polar surface area (TPSA) is 83.8 Å². The number of imidazole rings is 1. The monoisotopic (exact) mass is 194 g/mol. The van der Waals surface area contributed by atoms with Crippen LogP contribution in [-0.4, -0.2) is 22.4 Å². The highest BCUT2D eigenvalue weighted by Gasteiger charge is 2.48. The zero-order valence-corrected chi connectivity index (χ0v) is 7.92. The number of nitrogens with zero attached hydrogens (tertiary/aromatic N) is 1. The van der Waals surface area contributed by atoms with Crippen molar-refractivity contribution in [2.24, 2.45) is 11.1 Å². The standard InChI is InChI=1S/C9H14N4O/c10-6-9(1-2-9)8(14)13-5-7-11-3-4-12-7/h3-4H,1-2,5-6,10H2,(H,11,12)(H,13,14). The maximum absolute atomic E-state index is 11.6. The summed E-state index contributed by atoms with van der Waals surface area (Å²) in [5.41, 5.74) is 5.26. The molecule has 4 N–H and O–H groups in total. The maximum atomic E-state index is 11.6. The fraction of sp³-hybridized carbons (Fsp3) is 0.556. The number of carbonyl (C=O) groups is 1. The zero-order valence-electron chi connectivity index (χ0n) is 7.92. The molecule has 1 aliphatic carbocycles. The lowest BCUT2D eigenvalue weighted by Crippen LogP contribution is -2.36. The van der Waals surface area contributed by atoms with Gasteiger partial charge < -0.3 is 16.0 Å². The van der Waals surface area contributed by atoms with Crippen LogP contribution in [-0.2, 0) is 11.3 Å². The van der Waals surface area contributed by atoms with Gasteiger partial charge in [0.1, 0.15) is 5.82 Å². The molecule has 1 aliphatic rings. The molecule has 0 saturated heterocycles. The molecule has 1 aromatic rings. The van der Waals surface area contributed by atoms with Crippen LogP contribution >= 0.6 is 0 Å². The van der Waals surface area contributed by atoms with Crippen LogP contribution < -0.4 is 11.1 Å². The minimum atomic E-state index is -0.271. The van der Waals surface area contributed by atoms with Crippen LogP contribution in [0.5, 0.6) is 0 Å². The molecule has 1 saturated carbocycles. The van der Waals surface area contributed by atoms with E-state index in [2.05, 4.69) is 15.3 Å². The lowest BCUT2D eigenvalue weighted by atomic mass is 10.1. The van der Waals surface area contributed by atoms with Gasteiger partial charge in [0.15, 0.2) is 0 Å². The van der Waals surface area contributed by atoms with E-state index < -0.39 is 0 Å². The van der Waals surface area contributed by atoms with Crippen molar-refractivity contribution in [1.29, 1.82) is 0 Å². The van der Waals surface area contributed by atoms with Crippen LogP contribution in [0, 0.1) is 5.41 Å². The van der Waals surface area contributed by atoms with E-state index in [9.17, 15) is 4.79 Å². The van der Waals surface area contributed by atoms with E-state index in [-0.39, 0.29) is 11.3 Å². The molecule has 0 aliphatic heterocycles. The Bertz CT molecular complexity index is 316. The molecule has 0 unspecified atom stereocenters. The number of rotatable bonds is 4. The van der Waals surface area contributed by atoms with Gasteiger partial charge in [-0.1, -0.05) is 0 Å². The normalized spacial score (nSPS) is 17.8. The summed E-state index contributed by atoms with van der Waals surface area (Å²) < 4.78 is 0. The van der Waals surface area contributed by atoms with Gasteiger partial charge in [0.05, 0.1) is 12.0 Å². The fourth-order valence-corrected chi connectivity index (χ4v) is 1.42. The van der Waals surface area contributed by atoms with Gasteiger partial charge in [0.2, 0.25) is 5.91 Å². The number of carbonyl (C=O) groups excluding carboxylic acids is 1. The Morgan fingerprint density at radius 1 is 1.71 bits per heavy atom. The van der Waals surface area contributed by atoms with Crippen LogP contribution in [0.2, 0.25) is 0 Å². The summed E-state index contributed by atoms with van der Waals surface area (Å²) in [6.45, 7) is 0.893. The number of hydrogen-bond acceptors (Lipinski definition) is 3. The van der Waals surface area contributed by atoms with E-state index in [1.54, 1.807) is 12.4 Å². The minimum Gasteiger partial charge on any atom is -0.348 e. The quantitative estimate of drug-likeness (QED) is 0.618. The van der Waals surface area contributed by atoms with Gasteiger partial charge in [-0.3, -0.25) is 4.79 Å². The molecule has 1 amide bonds. The number of amides is 1. The first-order valence-corrected chi connectivity index (χ1v) is 4.73. The Labute approximate surface area is 82.1 Å². The Hall–Kier alpha value is -1.36. The first-order valence-electron chi connectivity index (χ1n) is 4.73. The molecule has 0 radical (unpaired) electrons. The number of hydrogen-bond donors (Lipinski definition) is 3. The third-order valence-electron chi connectivity index (χ3n) is 2.70. The largest absolute Gasteiger partial charge is 0.348 e. The molecule has 2 rings (SSSR count). The molecule has 1 fully saturated rings. The SMILES string of the molecule is NCC1(C(=O)NCc2ncc[nH]2)CC1. The number of aromatic amines is 1. The van der Waals surface area contributed by atoms with Crippen LogP contribution in [0.15, 0.2) is 12.4 Å². The lowest BCUT2D eigenvalue weighted by molar-refractivity contribution is -0.126. The second-order valence-corrected chi connectivity index (χ2v) is 3.70. The average molecular weight is 194 g/mol. The van der Waals surface area contributed by atoms with Gasteiger partial charge in [-0.2, -0.15) is 0 Å². The smallest absolute Gasteiger partial charge is 0.227 e. The van der Waals surface area contributed by atoms with Crippen LogP contribution in [0.25, 0.3) is 0 Å². The van der Waals surface area contributed by atoms with Gasteiger partial charge >= 0.3 is 0 Å². The van der Waals surface area contributed by atoms with Crippen LogP contribution in [0.1, 0.15) is 18.7 Å². The van der Waals surface area contributed by atoms with Crippen molar-refractivity contribution in [1.82, 2.24) is 15.3 Å². The summed E-state index contributed by atoms with van der Waals surface area (Å²) >= 11 is 0. The molecule has 0 atom stereocenters. The first kappa shape index (κ1) is 9.21. The summed E-state index contributed by atoms with van der Waals surface area (Å²) in [5, 5.41) is 2.83. The van der Waals surface area contributed by atoms with Crippen LogP contribution in [0.4, 0.5) is 0 Å². The van der Waals surface area contributed by atoms with Gasteiger partial charge in [0.25, 0.3) is 0 Å². The van der Waals surface area contributed by atoms with E-state index in [1.807, 2.05) is 0 Å². The van der Waals surface area contributed by atoms with Crippen molar-refractivity contribution in [3.63, 3.8) is 0 Å². The molecule has 76 valence electrons. The van der Waals surface area contributed by atoms with E-state index >= 15 is 0 Å². The van der Waals surface area contributed by atoms with E-state index in [0.29, 0.717) is 13.1 Å². The Morgan fingerprint density at radius 2 is 2.50 bits per heavy atom. The molecule has 14 heavy (non-hydrogen) atoms. The third kappa shape index (κ3) is 1.63. The maximum Gasteiger partial charge on any atom is 0.227 e. The minimum absolute atomic E-state index is 0.0522. The van der Waals surface area contributed by atoms with E-state index in [4.69, 9.17) is 5.73 Å². The first-order chi connectivity index (χ1) is 6.77. The van der Waals surface area contributed by atoms with Crippen LogP contribution in [0.3, 0.4) is 0 Å². The summed E-state index contributed by atoms with van der Waals surface area (Å²) in [6, 6.07) is 0. The molecule has 0 bridgehead atoms. The lowest BCUT2D eigenvalue weighted by Gasteiger charge is -2.11. The third-order valence-corrected chi connectivity index (χ3v) is 2.70. The summed E-state index contributed by atoms with van der Waals surface area (Å²) in [5.74, 6) is 0.822. The summed E-state index contributed by atoms with van der Waals surface area (Å²) in [4.78, 5) is 18.6. The van der Waals surface area contributed by atoms with E-state index in [0.717, 1.165) is 18.7 Å². The molecule has 0 aromatic carbocycles. The van der Waals surface area contributed by atoms with Crippen molar-refractivity contribution in [3.05, 3.63) is 18.2 Å². The molecule has 5 heteroatoms. The number of H-pyrrole nitrogens is 1. The van der Waals surface area contributed by atoms with Crippen molar-refractivity contribution in [2.45, 2.75) is 19.4 Å². The van der Waals surface area contributed by atoms with Gasteiger partial charge in [-0.15, -0.1) is 0 Å². The number of nitrogens with two attached hydrogens (primary N) is 1. The van der Waals surface area contributed by atoms with Gasteiger partial charge in [-0.25, -0.2) is 4.98 Å². The van der Waals surface area contributed by atoms with Crippen molar-refractivity contribution < 1.29 is 4.79 Å². The highest BCUT2D eigenvalue weighted by Crippen LogP contribution is 2.44. The Kier molecular flexibility index (Phi) is 2.25. The van der Waals surface area contributed by atoms with Crippen molar-refractivity contribution >= 4 is 5.91 Å². The molecular formula is C9H14N4O. The Balaban J connectivity index is 1.84. The van der Waals surface area contributed by atoms with E-state index in [1.165, 1.54) is 0 Å². The molecule has 1 heterocycles. The highest BCUT2D eigenvalue weighted by atomic mass is 16.2. The molecule has 1 aromatic heterocycles. The predicted octanol–water partition coefficient (Wildman–Crippen LogP) is -0.235. The van der Waals surface area contributed by atoms with Crippen molar-refractivity contribution in [2.75, 3.05) is 6.54 Å². The zero-order chi connectivity index (χ0) is 10.0. The summed E-state index contributed by atoms with van der Waals surface area (Å²) in [6.07, 6.45) is 5.22. The second kappa shape index (κ2) is 3.42. The predicted molar refractivity (Wildman–Crippen MR) is 51.2 cm³/mol. The Morgan fingerprint density at radius 3 is 3.00 bits per heavy atom. The average Bonchev–Trinajstić information content (AvgIpc) is 2.84. The molecular weight excluding hydrogens is 180 g/mol. The summed E-state index contributed by atoms with van der Waals surface area (Å²) in [7, 11) is 0.